The summed E-state index contributed by atoms with van der Waals surface area (Å²) in [6, 6.07) is 10.4. The monoisotopic (exact) mass is 552 g/mol. The summed E-state index contributed by atoms with van der Waals surface area (Å²) in [5, 5.41) is 0.532. The van der Waals surface area contributed by atoms with Crippen molar-refractivity contribution < 1.29 is 32.5 Å². The molecule has 0 aliphatic carbocycles. The van der Waals surface area contributed by atoms with Crippen LogP contribution in [0.1, 0.15) is 69.6 Å². The summed E-state index contributed by atoms with van der Waals surface area (Å²) in [5.41, 5.74) is 1.10. The predicted octanol–water partition coefficient (Wildman–Crippen LogP) is 7.15. The lowest BCUT2D eigenvalue weighted by Crippen LogP contribution is -2.58. The fourth-order valence-corrected chi connectivity index (χ4v) is 5.36. The minimum absolute atomic E-state index is 0.104. The Bertz CT molecular complexity index is 1070. The highest BCUT2D eigenvalue weighted by molar-refractivity contribution is 6.31. The van der Waals surface area contributed by atoms with Crippen molar-refractivity contribution in [3.63, 3.8) is 0 Å². The molecule has 0 N–H and O–H groups in total. The average Bonchev–Trinajstić information content (AvgIpc) is 3.24. The van der Waals surface area contributed by atoms with Crippen LogP contribution >= 0.6 is 11.6 Å². The molecule has 8 heteroatoms. The number of benzene rings is 2. The zero-order valence-corrected chi connectivity index (χ0v) is 23.3. The molecular formula is C30H39ClF2O5. The van der Waals surface area contributed by atoms with E-state index in [0.29, 0.717) is 43.2 Å². The molecule has 0 radical (unpaired) electrons. The first-order valence-electron chi connectivity index (χ1n) is 13.7. The lowest BCUT2D eigenvalue weighted by Gasteiger charge is -2.46. The number of rotatable bonds is 14. The van der Waals surface area contributed by atoms with Crippen molar-refractivity contribution in [2.75, 3.05) is 33.1 Å². The van der Waals surface area contributed by atoms with E-state index in [9.17, 15) is 8.78 Å². The molecule has 2 fully saturated rings. The molecule has 0 spiro atoms. The van der Waals surface area contributed by atoms with Crippen LogP contribution in [0.4, 0.5) is 8.78 Å². The van der Waals surface area contributed by atoms with Crippen LogP contribution in [0.2, 0.25) is 5.02 Å². The van der Waals surface area contributed by atoms with Gasteiger partial charge in [-0.3, -0.25) is 0 Å². The highest BCUT2D eigenvalue weighted by Gasteiger charge is 2.64. The molecule has 2 heterocycles. The third-order valence-corrected chi connectivity index (χ3v) is 7.58. The number of halogens is 3. The van der Waals surface area contributed by atoms with Crippen LogP contribution in [0, 0.1) is 5.82 Å². The topological polar surface area (TPSA) is 46.2 Å². The smallest absolute Gasteiger partial charge is 0.225 e. The van der Waals surface area contributed by atoms with Crippen LogP contribution in [0.25, 0.3) is 0 Å². The molecule has 38 heavy (non-hydrogen) atoms. The van der Waals surface area contributed by atoms with Crippen molar-refractivity contribution in [2.45, 2.75) is 82.9 Å². The van der Waals surface area contributed by atoms with E-state index in [-0.39, 0.29) is 18.5 Å². The first-order chi connectivity index (χ1) is 18.4. The summed E-state index contributed by atoms with van der Waals surface area (Å²) in [5.74, 6) is -1.54. The number of ether oxygens (including phenoxy) is 5. The number of alkyl halides is 1. The van der Waals surface area contributed by atoms with Crippen molar-refractivity contribution in [1.29, 1.82) is 0 Å². The molecule has 2 aromatic rings. The lowest BCUT2D eigenvalue weighted by molar-refractivity contribution is -0.316. The van der Waals surface area contributed by atoms with Crippen molar-refractivity contribution >= 4 is 11.6 Å². The highest BCUT2D eigenvalue weighted by Crippen LogP contribution is 2.52. The molecule has 0 saturated carbocycles. The van der Waals surface area contributed by atoms with Gasteiger partial charge < -0.3 is 23.7 Å². The molecule has 2 aromatic carbocycles. The van der Waals surface area contributed by atoms with E-state index in [1.54, 1.807) is 12.1 Å². The zero-order valence-electron chi connectivity index (χ0n) is 22.6. The van der Waals surface area contributed by atoms with Gasteiger partial charge in [0.1, 0.15) is 18.4 Å². The van der Waals surface area contributed by atoms with Gasteiger partial charge in [0, 0.05) is 30.2 Å². The Kier molecular flexibility index (Phi) is 10.0. The normalized spacial score (nSPS) is 26.6. The van der Waals surface area contributed by atoms with Gasteiger partial charge in [-0.2, -0.15) is 0 Å². The van der Waals surface area contributed by atoms with Gasteiger partial charge in [-0.15, -0.1) is 0 Å². The van der Waals surface area contributed by atoms with E-state index in [1.807, 2.05) is 25.1 Å². The second-order valence-corrected chi connectivity index (χ2v) is 10.6. The molecule has 210 valence electrons. The maximum absolute atomic E-state index is 14.5. The third kappa shape index (κ3) is 6.18. The second-order valence-electron chi connectivity index (χ2n) is 10.2. The average molecular weight is 553 g/mol. The van der Waals surface area contributed by atoms with Gasteiger partial charge in [0.2, 0.25) is 5.79 Å². The molecular weight excluding hydrogens is 514 g/mol. The molecule has 5 nitrogen and oxygen atoms in total. The summed E-state index contributed by atoms with van der Waals surface area (Å²) in [6.45, 7) is 6.89. The Balaban J connectivity index is 1.68. The van der Waals surface area contributed by atoms with Gasteiger partial charge >= 0.3 is 0 Å². The van der Waals surface area contributed by atoms with Crippen LogP contribution < -0.4 is 4.74 Å². The van der Waals surface area contributed by atoms with Crippen LogP contribution in [0.15, 0.2) is 36.4 Å². The van der Waals surface area contributed by atoms with Gasteiger partial charge in [-0.25, -0.2) is 8.78 Å². The summed E-state index contributed by atoms with van der Waals surface area (Å²) >= 11 is 6.60. The summed E-state index contributed by atoms with van der Waals surface area (Å²) in [4.78, 5) is 0. The van der Waals surface area contributed by atoms with Gasteiger partial charge in [-0.1, -0.05) is 50.4 Å². The Labute approximate surface area is 229 Å². The van der Waals surface area contributed by atoms with Crippen molar-refractivity contribution in [2.24, 2.45) is 0 Å². The summed E-state index contributed by atoms with van der Waals surface area (Å²) < 4.78 is 59.8. The zero-order chi connectivity index (χ0) is 27.2. The van der Waals surface area contributed by atoms with E-state index in [2.05, 4.69) is 13.8 Å². The van der Waals surface area contributed by atoms with Crippen molar-refractivity contribution in [3.05, 3.63) is 63.9 Å². The van der Waals surface area contributed by atoms with Crippen LogP contribution in [-0.4, -0.2) is 50.9 Å². The third-order valence-electron chi connectivity index (χ3n) is 7.21. The van der Waals surface area contributed by atoms with Gasteiger partial charge in [0.15, 0.2) is 11.6 Å². The first-order valence-corrected chi connectivity index (χ1v) is 14.1. The molecule has 2 saturated heterocycles. The highest BCUT2D eigenvalue weighted by atomic mass is 35.5. The van der Waals surface area contributed by atoms with Crippen LogP contribution in [-0.2, 0) is 31.2 Å². The summed E-state index contributed by atoms with van der Waals surface area (Å²) in [7, 11) is 0. The molecule has 0 aromatic heterocycles. The molecule has 2 aliphatic heterocycles. The molecule has 4 atom stereocenters. The predicted molar refractivity (Wildman–Crippen MR) is 143 cm³/mol. The molecule has 2 aliphatic rings. The van der Waals surface area contributed by atoms with Gasteiger partial charge in [-0.05, 0) is 61.6 Å². The minimum Gasteiger partial charge on any atom is -0.491 e. The number of unbranched alkanes of at least 4 members (excludes halogenated alkanes) is 2. The van der Waals surface area contributed by atoms with E-state index in [0.717, 1.165) is 36.8 Å². The Hall–Kier alpha value is -1.77. The number of fused-ring (bicyclic) bond motifs is 2. The van der Waals surface area contributed by atoms with Gasteiger partial charge in [0.25, 0.3) is 0 Å². The Morgan fingerprint density at radius 3 is 2.47 bits per heavy atom. The fourth-order valence-electron chi connectivity index (χ4n) is 5.18. The quantitative estimate of drug-likeness (QED) is 0.233. The van der Waals surface area contributed by atoms with Crippen LogP contribution in [0.3, 0.4) is 0 Å². The molecule has 4 rings (SSSR count). The molecule has 2 bridgehead atoms. The Morgan fingerprint density at radius 2 is 1.79 bits per heavy atom. The Morgan fingerprint density at radius 1 is 1.03 bits per heavy atom. The van der Waals surface area contributed by atoms with E-state index < -0.39 is 30.0 Å². The SMILES string of the molecule is CCCCO[C@H]1C[C@]2(CF)CO[C@@](c3ccc(Cl)c(Cc4ccc(OCC)c(F)c4)c3)(O2)[C@@H]1OCCCC. The van der Waals surface area contributed by atoms with Gasteiger partial charge in [0.05, 0.1) is 19.3 Å². The van der Waals surface area contributed by atoms with E-state index in [4.69, 9.17) is 35.3 Å². The number of hydrogen-bond donors (Lipinski definition) is 0. The minimum atomic E-state index is -1.33. The summed E-state index contributed by atoms with van der Waals surface area (Å²) in [6.07, 6.45) is 3.52. The van der Waals surface area contributed by atoms with E-state index in [1.165, 1.54) is 6.07 Å². The van der Waals surface area contributed by atoms with E-state index >= 15 is 0 Å². The maximum Gasteiger partial charge on any atom is 0.225 e. The van der Waals surface area contributed by atoms with Crippen molar-refractivity contribution in [3.8, 4) is 5.75 Å². The fraction of sp³-hybridized carbons (Fsp3) is 0.600. The first kappa shape index (κ1) is 29.2. The lowest BCUT2D eigenvalue weighted by atomic mass is 9.85. The van der Waals surface area contributed by atoms with Crippen LogP contribution in [0.5, 0.6) is 5.75 Å². The second kappa shape index (κ2) is 13.1. The maximum atomic E-state index is 14.5. The largest absolute Gasteiger partial charge is 0.491 e. The number of hydrogen-bond acceptors (Lipinski definition) is 5. The van der Waals surface area contributed by atoms with Crippen molar-refractivity contribution in [1.82, 2.24) is 0 Å². The molecule has 0 unspecified atom stereocenters. The molecule has 0 amide bonds. The standard InChI is InChI=1S/C30H39ClF2O5/c1-4-7-13-35-27-18-29(19-32)20-37-30(38-29,28(27)36-14-8-5-2)23-10-11-24(31)22(17-23)15-21-9-12-26(34-6-3)25(33)16-21/h9-12,16-17,27-28H,4-8,13-15,18-20H2,1-3H3/t27-,28+,29-,30-/m0/s1.